The second-order valence-corrected chi connectivity index (χ2v) is 6.59. The summed E-state index contributed by atoms with van der Waals surface area (Å²) in [6.07, 6.45) is 9.19. The number of hydrogen-bond donors (Lipinski definition) is 0. The van der Waals surface area contributed by atoms with Crippen LogP contribution in [0, 0.1) is 5.82 Å². The molecule has 0 amide bonds. The first-order valence-corrected chi connectivity index (χ1v) is 8.93. The molecule has 0 saturated heterocycles. The van der Waals surface area contributed by atoms with Crippen molar-refractivity contribution in [2.24, 2.45) is 0 Å². The molecule has 0 atom stereocenters. The Kier molecular flexibility index (Phi) is 10.3. The zero-order chi connectivity index (χ0) is 19.4. The molecule has 1 rings (SSSR count). The summed E-state index contributed by atoms with van der Waals surface area (Å²) >= 11 is 0. The molecule has 0 aliphatic rings. The van der Waals surface area contributed by atoms with E-state index < -0.39 is 5.82 Å². The lowest BCUT2D eigenvalue weighted by atomic mass is 10.0. The van der Waals surface area contributed by atoms with Crippen LogP contribution in [0.25, 0.3) is 0 Å². The minimum absolute atomic E-state index is 0.113. The Labute approximate surface area is 156 Å². The van der Waals surface area contributed by atoms with Gasteiger partial charge in [0.05, 0.1) is 0 Å². The lowest BCUT2D eigenvalue weighted by Crippen LogP contribution is -2.17. The van der Waals surface area contributed by atoms with Gasteiger partial charge in [0.25, 0.3) is 0 Å². The highest BCUT2D eigenvalue weighted by molar-refractivity contribution is 5.81. The zero-order valence-electron chi connectivity index (χ0n) is 16.1. The number of nitrogens with zero attached hydrogens (tertiary/aromatic N) is 1. The Morgan fingerprint density at radius 2 is 2.04 bits per heavy atom. The molecule has 0 aliphatic heterocycles. The van der Waals surface area contributed by atoms with Gasteiger partial charge >= 0.3 is 0 Å². The van der Waals surface area contributed by atoms with Crippen LogP contribution in [-0.2, 0) is 11.2 Å². The topological polar surface area (TPSA) is 29.5 Å². The Morgan fingerprint density at radius 3 is 2.69 bits per heavy atom. The van der Waals surface area contributed by atoms with Crippen molar-refractivity contribution in [2.75, 3.05) is 26.7 Å². The van der Waals surface area contributed by atoms with Crippen molar-refractivity contribution in [1.29, 1.82) is 0 Å². The smallest absolute Gasteiger partial charge is 0.165 e. The highest BCUT2D eigenvalue weighted by Gasteiger charge is 2.08. The van der Waals surface area contributed by atoms with E-state index in [1.807, 2.05) is 45.2 Å². The van der Waals surface area contributed by atoms with Gasteiger partial charge in [0.1, 0.15) is 12.4 Å². The molecule has 0 heterocycles. The fourth-order valence-electron chi connectivity index (χ4n) is 2.36. The van der Waals surface area contributed by atoms with Crippen molar-refractivity contribution in [3.8, 4) is 5.75 Å². The lowest BCUT2D eigenvalue weighted by Gasteiger charge is -2.10. The number of carbonyl (C=O) groups is 1. The second-order valence-electron chi connectivity index (χ2n) is 6.59. The zero-order valence-corrected chi connectivity index (χ0v) is 16.1. The summed E-state index contributed by atoms with van der Waals surface area (Å²) in [5.74, 6) is -0.117. The van der Waals surface area contributed by atoms with Crippen LogP contribution in [0.2, 0.25) is 0 Å². The van der Waals surface area contributed by atoms with Gasteiger partial charge in [0.2, 0.25) is 0 Å². The average Bonchev–Trinajstić information content (AvgIpc) is 2.56. The van der Waals surface area contributed by atoms with E-state index in [1.54, 1.807) is 12.1 Å². The summed E-state index contributed by atoms with van der Waals surface area (Å²) in [4.78, 5) is 14.0. The predicted octanol–water partition coefficient (Wildman–Crippen LogP) is 4.74. The Hall–Kier alpha value is -2.20. The Balaban J connectivity index is 2.44. The van der Waals surface area contributed by atoms with E-state index in [0.717, 1.165) is 19.5 Å². The first-order chi connectivity index (χ1) is 12.4. The molecule has 0 aromatic heterocycles. The Bertz CT molecular complexity index is 646. The fraction of sp³-hybridized carbons (Fsp3) is 0.409. The molecule has 4 heteroatoms. The van der Waals surface area contributed by atoms with Gasteiger partial charge in [0, 0.05) is 25.9 Å². The van der Waals surface area contributed by atoms with Crippen LogP contribution in [0.5, 0.6) is 5.75 Å². The van der Waals surface area contributed by atoms with E-state index in [1.165, 1.54) is 11.6 Å². The second kappa shape index (κ2) is 12.2. The van der Waals surface area contributed by atoms with Gasteiger partial charge in [-0.15, -0.1) is 6.58 Å². The average molecular weight is 359 g/mol. The SMILES string of the molecule is C=CCN(C)C/C=C/COc1ccc(CC(=O)CCC=C(C)C)cc1F. The van der Waals surface area contributed by atoms with E-state index in [0.29, 0.717) is 18.6 Å². The number of allylic oxidation sites excluding steroid dienone is 2. The molecule has 0 aliphatic carbocycles. The fourth-order valence-corrected chi connectivity index (χ4v) is 2.36. The van der Waals surface area contributed by atoms with Gasteiger partial charge in [-0.3, -0.25) is 9.69 Å². The molecule has 0 N–H and O–H groups in total. The quantitative estimate of drug-likeness (QED) is 0.505. The van der Waals surface area contributed by atoms with Crippen molar-refractivity contribution in [3.05, 3.63) is 66.0 Å². The van der Waals surface area contributed by atoms with Crippen LogP contribution in [0.15, 0.2) is 54.7 Å². The third-order valence-corrected chi connectivity index (χ3v) is 3.73. The molecule has 26 heavy (non-hydrogen) atoms. The summed E-state index contributed by atoms with van der Waals surface area (Å²) in [6, 6.07) is 4.72. The minimum atomic E-state index is -0.434. The van der Waals surface area contributed by atoms with Crippen LogP contribution in [0.1, 0.15) is 32.3 Å². The molecule has 0 spiro atoms. The number of benzene rings is 1. The van der Waals surface area contributed by atoms with Crippen LogP contribution in [0.3, 0.4) is 0 Å². The standard InChI is InChI=1S/C22H30FNO2/c1-5-13-24(4)14-6-7-15-26-22-12-11-19(17-21(22)23)16-20(25)10-8-9-18(2)3/h5-7,9,11-12,17H,1,8,10,13-16H2,2-4H3/b7-6+. The molecule has 0 unspecified atom stereocenters. The Morgan fingerprint density at radius 1 is 1.27 bits per heavy atom. The first-order valence-electron chi connectivity index (χ1n) is 8.93. The summed E-state index contributed by atoms with van der Waals surface area (Å²) < 4.78 is 19.5. The van der Waals surface area contributed by atoms with Gasteiger partial charge in [-0.25, -0.2) is 4.39 Å². The molecule has 0 fully saturated rings. The van der Waals surface area contributed by atoms with Crippen LogP contribution in [-0.4, -0.2) is 37.4 Å². The van der Waals surface area contributed by atoms with E-state index in [9.17, 15) is 9.18 Å². The summed E-state index contributed by atoms with van der Waals surface area (Å²) in [5, 5.41) is 0. The number of carbonyl (C=O) groups excluding carboxylic acids is 1. The normalized spacial score (nSPS) is 11.0. The largest absolute Gasteiger partial charge is 0.486 e. The van der Waals surface area contributed by atoms with Crippen LogP contribution in [0.4, 0.5) is 4.39 Å². The van der Waals surface area contributed by atoms with Gasteiger partial charge in [0.15, 0.2) is 11.6 Å². The van der Waals surface area contributed by atoms with Crippen molar-refractivity contribution in [2.45, 2.75) is 33.1 Å². The maximum atomic E-state index is 14.1. The number of ketones is 1. The van der Waals surface area contributed by atoms with Crippen LogP contribution < -0.4 is 4.74 Å². The number of hydrogen-bond acceptors (Lipinski definition) is 3. The van der Waals surface area contributed by atoms with Crippen LogP contribution >= 0.6 is 0 Å². The molecule has 142 valence electrons. The molecule has 3 nitrogen and oxygen atoms in total. The number of halogens is 1. The predicted molar refractivity (Wildman–Crippen MR) is 106 cm³/mol. The highest BCUT2D eigenvalue weighted by Crippen LogP contribution is 2.19. The van der Waals surface area contributed by atoms with Crippen molar-refractivity contribution in [1.82, 2.24) is 4.90 Å². The summed E-state index contributed by atoms with van der Waals surface area (Å²) in [5.41, 5.74) is 1.88. The number of Topliss-reactive ketones (excluding diaryl/α,β-unsaturated/α-hetero) is 1. The molecular weight excluding hydrogens is 329 g/mol. The molecule has 1 aromatic carbocycles. The number of rotatable bonds is 12. The molecule has 0 radical (unpaired) electrons. The maximum Gasteiger partial charge on any atom is 0.165 e. The summed E-state index contributed by atoms with van der Waals surface area (Å²) in [7, 11) is 1.99. The molecule has 0 saturated carbocycles. The number of ether oxygens (including phenoxy) is 1. The third kappa shape index (κ3) is 9.33. The van der Waals surface area contributed by atoms with Crippen molar-refractivity contribution >= 4 is 5.78 Å². The number of likely N-dealkylation sites (N-methyl/N-ethyl adjacent to an activating group) is 1. The monoisotopic (exact) mass is 359 g/mol. The van der Waals surface area contributed by atoms with Gasteiger partial charge in [-0.1, -0.05) is 35.9 Å². The molecular formula is C22H30FNO2. The highest BCUT2D eigenvalue weighted by atomic mass is 19.1. The van der Waals surface area contributed by atoms with Gasteiger partial charge < -0.3 is 4.74 Å². The van der Waals surface area contributed by atoms with Gasteiger partial charge in [-0.05, 0) is 45.0 Å². The molecule has 0 bridgehead atoms. The lowest BCUT2D eigenvalue weighted by molar-refractivity contribution is -0.118. The first kappa shape index (κ1) is 21.8. The summed E-state index contributed by atoms with van der Waals surface area (Å²) in [6.45, 7) is 9.60. The van der Waals surface area contributed by atoms with E-state index in [2.05, 4.69) is 11.5 Å². The van der Waals surface area contributed by atoms with Crippen molar-refractivity contribution in [3.63, 3.8) is 0 Å². The molecule has 1 aromatic rings. The maximum absolute atomic E-state index is 14.1. The van der Waals surface area contributed by atoms with Crippen molar-refractivity contribution < 1.29 is 13.9 Å². The van der Waals surface area contributed by atoms with E-state index >= 15 is 0 Å². The van der Waals surface area contributed by atoms with Gasteiger partial charge in [-0.2, -0.15) is 0 Å². The third-order valence-electron chi connectivity index (χ3n) is 3.73. The van der Waals surface area contributed by atoms with E-state index in [4.69, 9.17) is 4.74 Å². The minimum Gasteiger partial charge on any atom is -0.486 e. The van der Waals surface area contributed by atoms with E-state index in [-0.39, 0.29) is 18.0 Å².